The minimum absolute atomic E-state index is 0.0257. The van der Waals surface area contributed by atoms with Gasteiger partial charge >= 0.3 is 6.03 Å². The molecule has 0 bridgehead atoms. The number of nitrogens with zero attached hydrogens (tertiary/aromatic N) is 3. The molecular weight excluding hydrogens is 324 g/mol. The second kappa shape index (κ2) is 7.44. The average molecular weight is 346 g/mol. The van der Waals surface area contributed by atoms with Crippen molar-refractivity contribution < 1.29 is 4.79 Å². The van der Waals surface area contributed by atoms with Gasteiger partial charge in [0.05, 0.1) is 0 Å². The lowest BCUT2D eigenvalue weighted by molar-refractivity contribution is 0.168. The molecular formula is C21H22N4O. The number of carbonyl (C=O) groups excluding carboxylic acids is 1. The Bertz CT molecular complexity index is 860. The summed E-state index contributed by atoms with van der Waals surface area (Å²) < 4.78 is 2.21. The molecule has 3 aromatic rings. The van der Waals surface area contributed by atoms with Gasteiger partial charge in [-0.15, -0.1) is 0 Å². The summed E-state index contributed by atoms with van der Waals surface area (Å²) in [5.41, 5.74) is 3.39. The van der Waals surface area contributed by atoms with E-state index >= 15 is 0 Å². The molecule has 1 aliphatic heterocycles. The Kier molecular flexibility index (Phi) is 4.69. The van der Waals surface area contributed by atoms with E-state index in [2.05, 4.69) is 39.3 Å². The van der Waals surface area contributed by atoms with Crippen molar-refractivity contribution in [2.75, 3.05) is 13.1 Å². The van der Waals surface area contributed by atoms with Gasteiger partial charge in [0, 0.05) is 43.9 Å². The molecule has 132 valence electrons. The topological polar surface area (TPSA) is 50.2 Å². The predicted octanol–water partition coefficient (Wildman–Crippen LogP) is 3.24. The van der Waals surface area contributed by atoms with E-state index in [-0.39, 0.29) is 12.1 Å². The molecule has 0 saturated carbocycles. The first-order chi connectivity index (χ1) is 12.8. The number of rotatable bonds is 4. The van der Waals surface area contributed by atoms with Gasteiger partial charge in [-0.2, -0.15) is 0 Å². The molecule has 0 saturated heterocycles. The number of hydrogen-bond donors (Lipinski definition) is 1. The largest absolute Gasteiger partial charge is 0.348 e. The highest BCUT2D eigenvalue weighted by molar-refractivity contribution is 5.75. The Labute approximate surface area is 153 Å². The van der Waals surface area contributed by atoms with Crippen LogP contribution in [0.2, 0.25) is 0 Å². The molecule has 3 heterocycles. The number of aromatic nitrogens is 2. The van der Waals surface area contributed by atoms with E-state index in [1.165, 1.54) is 5.56 Å². The van der Waals surface area contributed by atoms with E-state index in [9.17, 15) is 4.79 Å². The maximum Gasteiger partial charge on any atom is 0.318 e. The Morgan fingerprint density at radius 1 is 1.08 bits per heavy atom. The van der Waals surface area contributed by atoms with Gasteiger partial charge in [-0.1, -0.05) is 36.4 Å². The highest BCUT2D eigenvalue weighted by Gasteiger charge is 2.32. The van der Waals surface area contributed by atoms with E-state index in [1.807, 2.05) is 47.5 Å². The van der Waals surface area contributed by atoms with Crippen molar-refractivity contribution in [2.24, 2.45) is 0 Å². The summed E-state index contributed by atoms with van der Waals surface area (Å²) >= 11 is 0. The fourth-order valence-electron chi connectivity index (χ4n) is 3.55. The quantitative estimate of drug-likeness (QED) is 0.788. The minimum atomic E-state index is -0.107. The van der Waals surface area contributed by atoms with Gasteiger partial charge in [0.1, 0.15) is 6.04 Å². The van der Waals surface area contributed by atoms with Crippen LogP contribution in [0.25, 0.3) is 0 Å². The molecule has 1 atom stereocenters. The van der Waals surface area contributed by atoms with Gasteiger partial charge < -0.3 is 14.8 Å². The summed E-state index contributed by atoms with van der Waals surface area (Å²) in [6.45, 7) is 2.11. The lowest BCUT2D eigenvalue weighted by Gasteiger charge is -2.37. The fraction of sp³-hybridized carbons (Fsp3) is 0.238. The fourth-order valence-corrected chi connectivity index (χ4v) is 3.55. The number of benzene rings is 1. The number of carbonyl (C=O) groups is 1. The summed E-state index contributed by atoms with van der Waals surface area (Å²) in [5.74, 6) is 0. The van der Waals surface area contributed by atoms with Crippen molar-refractivity contribution in [1.82, 2.24) is 19.8 Å². The average Bonchev–Trinajstić information content (AvgIpc) is 3.17. The van der Waals surface area contributed by atoms with Crippen LogP contribution in [0.15, 0.2) is 73.2 Å². The van der Waals surface area contributed by atoms with Gasteiger partial charge in [-0.3, -0.25) is 4.98 Å². The summed E-state index contributed by atoms with van der Waals surface area (Å²) in [6, 6.07) is 18.2. The lowest BCUT2D eigenvalue weighted by atomic mass is 10.0. The molecule has 0 unspecified atom stereocenters. The zero-order chi connectivity index (χ0) is 17.8. The molecule has 4 rings (SSSR count). The molecule has 0 fully saturated rings. The van der Waals surface area contributed by atoms with Crippen molar-refractivity contribution in [3.63, 3.8) is 0 Å². The molecule has 26 heavy (non-hydrogen) atoms. The van der Waals surface area contributed by atoms with Crippen LogP contribution in [0.5, 0.6) is 0 Å². The molecule has 0 aliphatic carbocycles. The van der Waals surface area contributed by atoms with Crippen LogP contribution in [-0.2, 0) is 13.0 Å². The van der Waals surface area contributed by atoms with Crippen LogP contribution in [-0.4, -0.2) is 33.6 Å². The van der Waals surface area contributed by atoms with E-state index in [0.29, 0.717) is 13.1 Å². The highest BCUT2D eigenvalue weighted by atomic mass is 16.2. The summed E-state index contributed by atoms with van der Waals surface area (Å²) in [7, 11) is 0. The molecule has 2 aromatic heterocycles. The molecule has 1 aromatic carbocycles. The Morgan fingerprint density at radius 3 is 2.77 bits per heavy atom. The maximum absolute atomic E-state index is 12.9. The molecule has 1 N–H and O–H groups in total. The normalized spacial score (nSPS) is 16.2. The Balaban J connectivity index is 1.50. The first-order valence-corrected chi connectivity index (χ1v) is 8.96. The Hall–Kier alpha value is -3.08. The zero-order valence-corrected chi connectivity index (χ0v) is 14.6. The third-order valence-electron chi connectivity index (χ3n) is 4.83. The van der Waals surface area contributed by atoms with E-state index in [0.717, 1.165) is 24.2 Å². The first kappa shape index (κ1) is 16.4. The van der Waals surface area contributed by atoms with Crippen molar-refractivity contribution in [3.8, 4) is 0 Å². The maximum atomic E-state index is 12.9. The third kappa shape index (κ3) is 3.33. The third-order valence-corrected chi connectivity index (χ3v) is 4.83. The minimum Gasteiger partial charge on any atom is -0.348 e. The zero-order valence-electron chi connectivity index (χ0n) is 14.6. The van der Waals surface area contributed by atoms with E-state index < -0.39 is 0 Å². The van der Waals surface area contributed by atoms with Crippen molar-refractivity contribution in [3.05, 3.63) is 90.0 Å². The monoisotopic (exact) mass is 346 g/mol. The van der Waals surface area contributed by atoms with Crippen LogP contribution in [0.1, 0.15) is 22.9 Å². The summed E-state index contributed by atoms with van der Waals surface area (Å²) in [6.07, 6.45) is 6.50. The number of pyridine rings is 1. The van der Waals surface area contributed by atoms with Gasteiger partial charge in [-0.05, 0) is 35.7 Å². The van der Waals surface area contributed by atoms with Gasteiger partial charge in [0.25, 0.3) is 0 Å². The standard InChI is InChI=1S/C21H22N4O/c26-21(23-12-10-17-6-2-1-3-7-17)25-15-14-24-13-5-9-19(24)20(25)18-8-4-11-22-16-18/h1-9,11,13,16,20H,10,12,14-15H2,(H,23,26)/t20-/m0/s1. The summed E-state index contributed by atoms with van der Waals surface area (Å²) in [5, 5.41) is 3.08. The first-order valence-electron chi connectivity index (χ1n) is 8.96. The van der Waals surface area contributed by atoms with Crippen LogP contribution >= 0.6 is 0 Å². The summed E-state index contributed by atoms with van der Waals surface area (Å²) in [4.78, 5) is 19.0. The number of fused-ring (bicyclic) bond motifs is 1. The van der Waals surface area contributed by atoms with E-state index in [4.69, 9.17) is 0 Å². The highest BCUT2D eigenvalue weighted by Crippen LogP contribution is 2.31. The Morgan fingerprint density at radius 2 is 1.96 bits per heavy atom. The number of nitrogens with one attached hydrogen (secondary N) is 1. The van der Waals surface area contributed by atoms with Gasteiger partial charge in [0.2, 0.25) is 0 Å². The number of hydrogen-bond acceptors (Lipinski definition) is 2. The van der Waals surface area contributed by atoms with Crippen molar-refractivity contribution in [2.45, 2.75) is 19.0 Å². The lowest BCUT2D eigenvalue weighted by Crippen LogP contribution is -2.47. The SMILES string of the molecule is O=C(NCCc1ccccc1)N1CCn2cccc2[C@@H]1c1cccnc1. The second-order valence-electron chi connectivity index (χ2n) is 6.48. The number of amides is 2. The van der Waals surface area contributed by atoms with E-state index in [1.54, 1.807) is 6.20 Å². The number of urea groups is 1. The van der Waals surface area contributed by atoms with Crippen LogP contribution in [0, 0.1) is 0 Å². The van der Waals surface area contributed by atoms with Crippen molar-refractivity contribution >= 4 is 6.03 Å². The smallest absolute Gasteiger partial charge is 0.318 e. The molecule has 0 spiro atoms. The second-order valence-corrected chi connectivity index (χ2v) is 6.48. The van der Waals surface area contributed by atoms with Gasteiger partial charge in [0.15, 0.2) is 0 Å². The van der Waals surface area contributed by atoms with Gasteiger partial charge in [-0.25, -0.2) is 4.79 Å². The molecule has 2 amide bonds. The molecule has 5 nitrogen and oxygen atoms in total. The van der Waals surface area contributed by atoms with Crippen molar-refractivity contribution in [1.29, 1.82) is 0 Å². The molecule has 5 heteroatoms. The predicted molar refractivity (Wildman–Crippen MR) is 101 cm³/mol. The van der Waals surface area contributed by atoms with Crippen LogP contribution < -0.4 is 5.32 Å². The van der Waals surface area contributed by atoms with Crippen LogP contribution in [0.4, 0.5) is 4.79 Å². The molecule has 0 radical (unpaired) electrons. The van der Waals surface area contributed by atoms with Crippen LogP contribution in [0.3, 0.4) is 0 Å². The molecule has 1 aliphatic rings.